The predicted molar refractivity (Wildman–Crippen MR) is 113 cm³/mol. The van der Waals surface area contributed by atoms with E-state index in [1.54, 1.807) is 26.0 Å². The molecule has 1 amide bonds. The average molecular weight is 541 g/mol. The average Bonchev–Trinajstić information content (AvgIpc) is 3.14. The van der Waals surface area contributed by atoms with Crippen LogP contribution in [0.3, 0.4) is 0 Å². The van der Waals surface area contributed by atoms with E-state index in [0.29, 0.717) is 23.3 Å². The van der Waals surface area contributed by atoms with Crippen LogP contribution in [-0.2, 0) is 15.9 Å². The molecule has 1 unspecified atom stereocenters. The topological polar surface area (TPSA) is 86.4 Å². The normalized spacial score (nSPS) is 13.9. The zero-order valence-corrected chi connectivity index (χ0v) is 19.6. The van der Waals surface area contributed by atoms with Gasteiger partial charge in [-0.2, -0.15) is 17.5 Å². The molecule has 7 nitrogen and oxygen atoms in total. The van der Waals surface area contributed by atoms with Gasteiger partial charge < -0.3 is 4.74 Å². The lowest BCUT2D eigenvalue weighted by Gasteiger charge is -2.13. The second kappa shape index (κ2) is 9.15. The molecule has 0 fully saturated rings. The van der Waals surface area contributed by atoms with Gasteiger partial charge in [-0.25, -0.2) is 8.89 Å². The lowest BCUT2D eigenvalue weighted by molar-refractivity contribution is -0.274. The molecule has 0 radical (unpaired) electrons. The van der Waals surface area contributed by atoms with Crippen LogP contribution in [0.4, 0.5) is 26.3 Å². The molecular formula is C20H15ClF6N4O3S. The summed E-state index contributed by atoms with van der Waals surface area (Å²) in [6.07, 6.45) is -9.18. The molecule has 0 saturated carbocycles. The van der Waals surface area contributed by atoms with E-state index in [0.717, 1.165) is 12.3 Å². The molecule has 1 heterocycles. The first-order valence-corrected chi connectivity index (χ1v) is 11.7. The first kappa shape index (κ1) is 26.5. The number of benzene rings is 2. The van der Waals surface area contributed by atoms with Crippen molar-refractivity contribution < 1.29 is 40.1 Å². The summed E-state index contributed by atoms with van der Waals surface area (Å²) in [5.74, 6) is -2.34. The van der Waals surface area contributed by atoms with Crippen molar-refractivity contribution in [2.45, 2.75) is 31.3 Å². The minimum absolute atomic E-state index is 0.137. The predicted octanol–water partition coefficient (Wildman–Crippen LogP) is 5.75. The fraction of sp³-hybridized carbons (Fsp3) is 0.250. The molecule has 2 aromatic carbocycles. The summed E-state index contributed by atoms with van der Waals surface area (Å²) >= 11 is 5.86. The van der Waals surface area contributed by atoms with Crippen LogP contribution in [0, 0.1) is 13.8 Å². The molecule has 0 aliphatic rings. The van der Waals surface area contributed by atoms with Crippen LogP contribution in [0.15, 0.2) is 45.7 Å². The Hall–Kier alpha value is -3.13. The van der Waals surface area contributed by atoms with Gasteiger partial charge in [-0.3, -0.25) is 4.79 Å². The van der Waals surface area contributed by atoms with Gasteiger partial charge in [0.15, 0.2) is 11.4 Å². The molecule has 35 heavy (non-hydrogen) atoms. The standard InChI is InChI=1S/C20H15ClF6N4O3S/c1-10-4-5-11(2)15(8-10)35(3,33)29-18(32)16-17(19(22,23)24)31(30-28-16)14-7-6-12(9-13(14)21)34-20(25,26)27/h4-9H,1-3H3. The van der Waals surface area contributed by atoms with Crippen molar-refractivity contribution in [1.82, 2.24) is 15.0 Å². The number of hydrogen-bond donors (Lipinski definition) is 0. The van der Waals surface area contributed by atoms with Gasteiger partial charge in [0.2, 0.25) is 0 Å². The number of alkyl halides is 6. The van der Waals surface area contributed by atoms with Crippen LogP contribution in [0.25, 0.3) is 5.69 Å². The molecule has 1 aromatic heterocycles. The maximum absolute atomic E-state index is 13.9. The fourth-order valence-corrected chi connectivity index (χ4v) is 4.89. The van der Waals surface area contributed by atoms with Crippen molar-refractivity contribution >= 4 is 27.2 Å². The van der Waals surface area contributed by atoms with Crippen molar-refractivity contribution in [3.05, 3.63) is 63.9 Å². The minimum atomic E-state index is -5.22. The number of amides is 1. The molecule has 0 saturated heterocycles. The third kappa shape index (κ3) is 5.93. The molecule has 0 aliphatic carbocycles. The van der Waals surface area contributed by atoms with E-state index < -0.39 is 56.0 Å². The number of halogens is 7. The number of rotatable bonds is 4. The van der Waals surface area contributed by atoms with E-state index in [1.165, 1.54) is 6.07 Å². The van der Waals surface area contributed by atoms with Gasteiger partial charge in [-0.15, -0.1) is 18.3 Å². The van der Waals surface area contributed by atoms with Crippen LogP contribution in [0.1, 0.15) is 27.3 Å². The molecule has 3 rings (SSSR count). The van der Waals surface area contributed by atoms with Crippen molar-refractivity contribution in [3.63, 3.8) is 0 Å². The van der Waals surface area contributed by atoms with E-state index in [1.807, 2.05) is 0 Å². The van der Waals surface area contributed by atoms with Gasteiger partial charge in [0, 0.05) is 12.3 Å². The number of hydrogen-bond acceptors (Lipinski definition) is 5. The molecule has 188 valence electrons. The maximum Gasteiger partial charge on any atom is 0.573 e. The second-order valence-electron chi connectivity index (χ2n) is 7.33. The molecular weight excluding hydrogens is 526 g/mol. The smallest absolute Gasteiger partial charge is 0.406 e. The molecule has 1 atom stereocenters. The van der Waals surface area contributed by atoms with Gasteiger partial charge in [0.1, 0.15) is 5.75 Å². The Morgan fingerprint density at radius 1 is 1.09 bits per heavy atom. The molecule has 0 N–H and O–H groups in total. The summed E-state index contributed by atoms with van der Waals surface area (Å²) in [6.45, 7) is 3.30. The van der Waals surface area contributed by atoms with E-state index in [4.69, 9.17) is 11.6 Å². The fourth-order valence-electron chi connectivity index (χ4n) is 3.07. The largest absolute Gasteiger partial charge is 0.573 e. The van der Waals surface area contributed by atoms with Gasteiger partial charge in [-0.05, 0) is 43.2 Å². The number of nitrogens with zero attached hydrogens (tertiary/aromatic N) is 4. The second-order valence-corrected chi connectivity index (χ2v) is 9.96. The summed E-state index contributed by atoms with van der Waals surface area (Å²) in [5.41, 5.74) is -2.30. The maximum atomic E-state index is 13.9. The summed E-state index contributed by atoms with van der Waals surface area (Å²) < 4.78 is 99.4. The van der Waals surface area contributed by atoms with Crippen LogP contribution < -0.4 is 4.74 Å². The number of aryl methyl sites for hydroxylation is 2. The summed E-state index contributed by atoms with van der Waals surface area (Å²) in [7, 11) is -3.48. The quantitative estimate of drug-likeness (QED) is 0.393. The van der Waals surface area contributed by atoms with E-state index in [-0.39, 0.29) is 9.58 Å². The highest BCUT2D eigenvalue weighted by Crippen LogP contribution is 2.36. The van der Waals surface area contributed by atoms with Crippen molar-refractivity contribution in [3.8, 4) is 11.4 Å². The Bertz CT molecular complexity index is 1430. The van der Waals surface area contributed by atoms with Crippen molar-refractivity contribution in [1.29, 1.82) is 0 Å². The number of ether oxygens (including phenoxy) is 1. The lowest BCUT2D eigenvalue weighted by atomic mass is 10.2. The van der Waals surface area contributed by atoms with Gasteiger partial charge in [0.05, 0.1) is 25.3 Å². The Morgan fingerprint density at radius 2 is 1.74 bits per heavy atom. The SMILES string of the molecule is Cc1ccc(C)c(S(C)(=O)=NC(=O)c2nnn(-c3ccc(OC(F)(F)F)cc3Cl)c2C(F)(F)F)c1. The number of aromatic nitrogens is 3. The summed E-state index contributed by atoms with van der Waals surface area (Å²) in [6, 6.07) is 6.95. The highest BCUT2D eigenvalue weighted by molar-refractivity contribution is 7.93. The van der Waals surface area contributed by atoms with Gasteiger partial charge >= 0.3 is 18.4 Å². The zero-order valence-electron chi connectivity index (χ0n) is 18.0. The highest BCUT2D eigenvalue weighted by atomic mass is 35.5. The first-order valence-electron chi connectivity index (χ1n) is 9.42. The van der Waals surface area contributed by atoms with Gasteiger partial charge in [0.25, 0.3) is 0 Å². The number of carbonyl (C=O) groups is 1. The monoisotopic (exact) mass is 540 g/mol. The molecule has 15 heteroatoms. The van der Waals surface area contributed by atoms with Gasteiger partial charge in [-0.1, -0.05) is 28.9 Å². The van der Waals surface area contributed by atoms with Crippen LogP contribution >= 0.6 is 11.6 Å². The minimum Gasteiger partial charge on any atom is -0.406 e. The Morgan fingerprint density at radius 3 is 2.31 bits per heavy atom. The Labute approximate surface area is 199 Å². The molecule has 3 aromatic rings. The van der Waals surface area contributed by atoms with Crippen LogP contribution in [-0.4, -0.2) is 37.7 Å². The summed E-state index contributed by atoms with van der Waals surface area (Å²) in [4.78, 5) is 12.9. The molecule has 0 spiro atoms. The Balaban J connectivity index is 2.12. The van der Waals surface area contributed by atoms with E-state index >= 15 is 0 Å². The van der Waals surface area contributed by atoms with Crippen molar-refractivity contribution in [2.75, 3.05) is 6.26 Å². The van der Waals surface area contributed by atoms with Crippen molar-refractivity contribution in [2.24, 2.45) is 4.36 Å². The van der Waals surface area contributed by atoms with E-state index in [9.17, 15) is 35.3 Å². The number of carbonyl (C=O) groups excluding carboxylic acids is 1. The first-order chi connectivity index (χ1) is 16.0. The third-order valence-corrected chi connectivity index (χ3v) is 6.60. The van der Waals surface area contributed by atoms with Crippen LogP contribution in [0.5, 0.6) is 5.75 Å². The highest BCUT2D eigenvalue weighted by Gasteiger charge is 2.42. The zero-order chi connectivity index (χ0) is 26.3. The Kier molecular flexibility index (Phi) is 6.92. The summed E-state index contributed by atoms with van der Waals surface area (Å²) in [5, 5.41) is 5.95. The van der Waals surface area contributed by atoms with E-state index in [2.05, 4.69) is 19.4 Å². The molecule has 0 aliphatic heterocycles. The molecule has 0 bridgehead atoms. The lowest BCUT2D eigenvalue weighted by Crippen LogP contribution is -2.18. The van der Waals surface area contributed by atoms with Crippen LogP contribution in [0.2, 0.25) is 5.02 Å². The third-order valence-electron chi connectivity index (χ3n) is 4.53.